The van der Waals surface area contributed by atoms with Crippen LogP contribution in [0.5, 0.6) is 0 Å². The summed E-state index contributed by atoms with van der Waals surface area (Å²) >= 11 is 0. The molecule has 0 radical (unpaired) electrons. The van der Waals surface area contributed by atoms with E-state index in [0.29, 0.717) is 22.7 Å². The molecular weight excluding hydrogens is 272 g/mol. The van der Waals surface area contributed by atoms with Crippen molar-refractivity contribution >= 4 is 34.5 Å². The van der Waals surface area contributed by atoms with Crippen LogP contribution in [0.15, 0.2) is 24.3 Å². The van der Waals surface area contributed by atoms with Gasteiger partial charge >= 0.3 is 0 Å². The molecule has 8 nitrogen and oxygen atoms in total. The average molecular weight is 288 g/mol. The van der Waals surface area contributed by atoms with E-state index in [0.717, 1.165) is 0 Å². The number of anilines is 2. The number of primary amides is 2. The molecule has 0 aliphatic rings. The summed E-state index contributed by atoms with van der Waals surface area (Å²) in [6.45, 7) is -0.319. The number of hydrogen-bond acceptors (Lipinski definition) is 6. The van der Waals surface area contributed by atoms with Crippen molar-refractivity contribution in [3.63, 3.8) is 0 Å². The molecule has 0 saturated carbocycles. The molecule has 8 heteroatoms. The van der Waals surface area contributed by atoms with E-state index >= 15 is 0 Å². The SMILES string of the molecule is CNc1nc(N(CC(N)=O)CC(N)=O)c2ccccc2n1. The smallest absolute Gasteiger partial charge is 0.237 e. The van der Waals surface area contributed by atoms with Gasteiger partial charge in [0.25, 0.3) is 0 Å². The molecule has 2 aromatic rings. The van der Waals surface area contributed by atoms with Gasteiger partial charge in [-0.1, -0.05) is 12.1 Å². The summed E-state index contributed by atoms with van der Waals surface area (Å²) in [7, 11) is 1.68. The molecule has 0 atom stereocenters. The van der Waals surface area contributed by atoms with E-state index in [2.05, 4.69) is 15.3 Å². The van der Waals surface area contributed by atoms with Crippen LogP contribution in [0.25, 0.3) is 10.9 Å². The number of amides is 2. The predicted octanol–water partition coefficient (Wildman–Crippen LogP) is -0.551. The third-order valence-electron chi connectivity index (χ3n) is 2.80. The van der Waals surface area contributed by atoms with Gasteiger partial charge in [0.05, 0.1) is 18.6 Å². The molecule has 0 fully saturated rings. The Balaban J connectivity index is 2.58. The number of para-hydroxylation sites is 1. The van der Waals surface area contributed by atoms with E-state index in [-0.39, 0.29) is 13.1 Å². The summed E-state index contributed by atoms with van der Waals surface area (Å²) < 4.78 is 0. The van der Waals surface area contributed by atoms with Gasteiger partial charge in [-0.05, 0) is 12.1 Å². The number of carbonyl (C=O) groups is 2. The van der Waals surface area contributed by atoms with Crippen LogP contribution in [0, 0.1) is 0 Å². The zero-order valence-corrected chi connectivity index (χ0v) is 11.5. The van der Waals surface area contributed by atoms with E-state index in [9.17, 15) is 9.59 Å². The monoisotopic (exact) mass is 288 g/mol. The van der Waals surface area contributed by atoms with E-state index < -0.39 is 11.8 Å². The second-order valence-corrected chi connectivity index (χ2v) is 4.43. The topological polar surface area (TPSA) is 127 Å². The van der Waals surface area contributed by atoms with E-state index in [1.807, 2.05) is 18.2 Å². The van der Waals surface area contributed by atoms with Crippen molar-refractivity contribution in [1.29, 1.82) is 0 Å². The van der Waals surface area contributed by atoms with Gasteiger partial charge in [-0.15, -0.1) is 0 Å². The molecule has 110 valence electrons. The number of rotatable bonds is 6. The van der Waals surface area contributed by atoms with Gasteiger partial charge in [0, 0.05) is 12.4 Å². The second kappa shape index (κ2) is 6.04. The maximum Gasteiger partial charge on any atom is 0.237 e. The molecule has 21 heavy (non-hydrogen) atoms. The summed E-state index contributed by atoms with van der Waals surface area (Å²) in [5.41, 5.74) is 11.1. The molecule has 5 N–H and O–H groups in total. The third kappa shape index (κ3) is 3.35. The molecule has 0 unspecified atom stereocenters. The number of carbonyl (C=O) groups excluding carboxylic acids is 2. The van der Waals surface area contributed by atoms with Crippen LogP contribution in [0.2, 0.25) is 0 Å². The van der Waals surface area contributed by atoms with Crippen LogP contribution in [-0.4, -0.2) is 41.9 Å². The molecule has 0 saturated heterocycles. The van der Waals surface area contributed by atoms with Crippen molar-refractivity contribution in [2.24, 2.45) is 11.5 Å². The van der Waals surface area contributed by atoms with Gasteiger partial charge in [0.1, 0.15) is 5.82 Å². The Hall–Kier alpha value is -2.90. The molecule has 0 aliphatic heterocycles. The predicted molar refractivity (Wildman–Crippen MR) is 79.7 cm³/mol. The van der Waals surface area contributed by atoms with Crippen molar-refractivity contribution < 1.29 is 9.59 Å². The molecule has 0 aliphatic carbocycles. The minimum absolute atomic E-state index is 0.160. The average Bonchev–Trinajstić information content (AvgIpc) is 2.44. The lowest BCUT2D eigenvalue weighted by Gasteiger charge is -2.22. The van der Waals surface area contributed by atoms with Gasteiger partial charge in [0.15, 0.2) is 0 Å². The van der Waals surface area contributed by atoms with Gasteiger partial charge in [-0.3, -0.25) is 9.59 Å². The molecular formula is C13H16N6O2. The number of fused-ring (bicyclic) bond motifs is 1. The van der Waals surface area contributed by atoms with Crippen LogP contribution in [-0.2, 0) is 9.59 Å². The van der Waals surface area contributed by atoms with Crippen molar-refractivity contribution in [2.75, 3.05) is 30.4 Å². The Morgan fingerprint density at radius 1 is 1.14 bits per heavy atom. The fourth-order valence-corrected chi connectivity index (χ4v) is 1.99. The first-order valence-electron chi connectivity index (χ1n) is 6.27. The van der Waals surface area contributed by atoms with Crippen LogP contribution < -0.4 is 21.7 Å². The van der Waals surface area contributed by atoms with Crippen LogP contribution >= 0.6 is 0 Å². The first-order valence-corrected chi connectivity index (χ1v) is 6.27. The zero-order valence-electron chi connectivity index (χ0n) is 11.5. The summed E-state index contributed by atoms with van der Waals surface area (Å²) in [5, 5.41) is 3.55. The molecule has 2 rings (SSSR count). The molecule has 0 bridgehead atoms. The zero-order chi connectivity index (χ0) is 15.4. The third-order valence-corrected chi connectivity index (χ3v) is 2.80. The standard InChI is InChI=1S/C13H16N6O2/c1-16-13-17-9-5-3-2-4-8(9)12(18-13)19(6-10(14)20)7-11(15)21/h2-5H,6-7H2,1H3,(H2,14,20)(H2,15,21)(H,16,17,18). The van der Waals surface area contributed by atoms with Gasteiger partial charge in [-0.25, -0.2) is 4.98 Å². The number of aromatic nitrogens is 2. The molecule has 1 heterocycles. The normalized spacial score (nSPS) is 10.3. The van der Waals surface area contributed by atoms with Crippen LogP contribution in [0.1, 0.15) is 0 Å². The minimum Gasteiger partial charge on any atom is -0.368 e. The molecule has 2 amide bonds. The summed E-state index contributed by atoms with van der Waals surface area (Å²) in [6.07, 6.45) is 0. The Morgan fingerprint density at radius 3 is 2.33 bits per heavy atom. The number of benzene rings is 1. The fourth-order valence-electron chi connectivity index (χ4n) is 1.99. The van der Waals surface area contributed by atoms with Crippen molar-refractivity contribution in [3.05, 3.63) is 24.3 Å². The Morgan fingerprint density at radius 2 is 1.76 bits per heavy atom. The lowest BCUT2D eigenvalue weighted by molar-refractivity contribution is -0.117. The summed E-state index contributed by atoms with van der Waals surface area (Å²) in [4.78, 5) is 32.5. The lowest BCUT2D eigenvalue weighted by atomic mass is 10.2. The van der Waals surface area contributed by atoms with Gasteiger partial charge in [-0.2, -0.15) is 4.98 Å². The van der Waals surface area contributed by atoms with Crippen molar-refractivity contribution in [2.45, 2.75) is 0 Å². The number of nitrogens with one attached hydrogen (secondary N) is 1. The maximum atomic E-state index is 11.2. The molecule has 1 aromatic carbocycles. The maximum absolute atomic E-state index is 11.2. The highest BCUT2D eigenvalue weighted by Crippen LogP contribution is 2.24. The number of nitrogens with two attached hydrogens (primary N) is 2. The Kier molecular flexibility index (Phi) is 4.17. The highest BCUT2D eigenvalue weighted by Gasteiger charge is 2.17. The Labute approximate surface area is 121 Å². The van der Waals surface area contributed by atoms with E-state index in [1.165, 1.54) is 4.90 Å². The van der Waals surface area contributed by atoms with Crippen molar-refractivity contribution in [1.82, 2.24) is 9.97 Å². The van der Waals surface area contributed by atoms with Gasteiger partial charge < -0.3 is 21.7 Å². The largest absolute Gasteiger partial charge is 0.368 e. The first-order chi connectivity index (χ1) is 10.0. The fraction of sp³-hybridized carbons (Fsp3) is 0.231. The van der Waals surface area contributed by atoms with E-state index in [1.54, 1.807) is 13.1 Å². The highest BCUT2D eigenvalue weighted by molar-refractivity contribution is 5.94. The summed E-state index contributed by atoms with van der Waals surface area (Å²) in [6, 6.07) is 7.28. The second-order valence-electron chi connectivity index (χ2n) is 4.43. The van der Waals surface area contributed by atoms with Crippen molar-refractivity contribution in [3.8, 4) is 0 Å². The number of nitrogens with zero attached hydrogens (tertiary/aromatic N) is 3. The highest BCUT2D eigenvalue weighted by atomic mass is 16.2. The summed E-state index contributed by atoms with van der Waals surface area (Å²) in [5.74, 6) is -0.347. The Bertz CT molecular complexity index is 671. The lowest BCUT2D eigenvalue weighted by Crippen LogP contribution is -2.40. The van der Waals surface area contributed by atoms with E-state index in [4.69, 9.17) is 11.5 Å². The van der Waals surface area contributed by atoms with Crippen LogP contribution in [0.3, 0.4) is 0 Å². The minimum atomic E-state index is -0.579. The molecule has 1 aromatic heterocycles. The quantitative estimate of drug-likeness (QED) is 0.654. The molecule has 0 spiro atoms. The number of hydrogen-bond donors (Lipinski definition) is 3. The van der Waals surface area contributed by atoms with Gasteiger partial charge in [0.2, 0.25) is 17.8 Å². The van der Waals surface area contributed by atoms with Crippen LogP contribution in [0.4, 0.5) is 11.8 Å². The first kappa shape index (κ1) is 14.5.